The average molecular weight is 430 g/mol. The number of benzene rings is 2. The predicted octanol–water partition coefficient (Wildman–Crippen LogP) is 3.32. The summed E-state index contributed by atoms with van der Waals surface area (Å²) in [5, 5.41) is 0. The minimum Gasteiger partial charge on any atom is -0.497 e. The number of hydrogen-bond acceptors (Lipinski definition) is 7. The lowest BCUT2D eigenvalue weighted by Gasteiger charge is -2.12. The fourth-order valence-electron chi connectivity index (χ4n) is 2.79. The summed E-state index contributed by atoms with van der Waals surface area (Å²) < 4.78 is 26.6. The molecule has 0 saturated carbocycles. The molecule has 0 spiro atoms. The van der Waals surface area contributed by atoms with E-state index in [4.69, 9.17) is 23.7 Å². The van der Waals surface area contributed by atoms with Gasteiger partial charge in [-0.2, -0.15) is 0 Å². The molecular formula is C25H22N2O5. The lowest BCUT2D eigenvalue weighted by atomic mass is 10.2. The summed E-state index contributed by atoms with van der Waals surface area (Å²) in [5.41, 5.74) is 2.38. The fourth-order valence-corrected chi connectivity index (χ4v) is 2.79. The van der Waals surface area contributed by atoms with Gasteiger partial charge in [0.15, 0.2) is 11.5 Å². The standard InChI is InChI=1S/C25H22N2O5/c1-28-21-10-17(11-22(14-21)29-2)6-8-19-15-26-16-20(27-19)9-7-18-12-23(30-3)25(32-5)24(13-18)31-4/h10-16H,1-5H3. The van der Waals surface area contributed by atoms with Gasteiger partial charge in [-0.3, -0.25) is 4.98 Å². The van der Waals surface area contributed by atoms with Crippen molar-refractivity contribution in [1.29, 1.82) is 0 Å². The van der Waals surface area contributed by atoms with Crippen molar-refractivity contribution in [2.24, 2.45) is 0 Å². The summed E-state index contributed by atoms with van der Waals surface area (Å²) in [5.74, 6) is 14.9. The Morgan fingerprint density at radius 3 is 1.50 bits per heavy atom. The van der Waals surface area contributed by atoms with Crippen LogP contribution in [0.4, 0.5) is 0 Å². The van der Waals surface area contributed by atoms with Crippen LogP contribution in [0.25, 0.3) is 0 Å². The second kappa shape index (κ2) is 10.6. The Morgan fingerprint density at radius 2 is 1.06 bits per heavy atom. The highest BCUT2D eigenvalue weighted by molar-refractivity contribution is 5.58. The molecule has 7 nitrogen and oxygen atoms in total. The van der Waals surface area contributed by atoms with E-state index in [-0.39, 0.29) is 0 Å². The maximum atomic E-state index is 5.36. The van der Waals surface area contributed by atoms with Gasteiger partial charge < -0.3 is 23.7 Å². The first-order valence-electron chi connectivity index (χ1n) is 9.49. The summed E-state index contributed by atoms with van der Waals surface area (Å²) in [6, 6.07) is 8.95. The van der Waals surface area contributed by atoms with Gasteiger partial charge in [0.2, 0.25) is 5.75 Å². The second-order valence-electron chi connectivity index (χ2n) is 6.30. The molecule has 7 heteroatoms. The molecule has 0 N–H and O–H groups in total. The molecule has 3 aromatic rings. The van der Waals surface area contributed by atoms with Gasteiger partial charge in [-0.05, 0) is 36.1 Å². The number of methoxy groups -OCH3 is 5. The average Bonchev–Trinajstić information content (AvgIpc) is 2.85. The van der Waals surface area contributed by atoms with Crippen molar-refractivity contribution in [2.45, 2.75) is 0 Å². The number of ether oxygens (including phenoxy) is 5. The van der Waals surface area contributed by atoms with E-state index in [1.165, 1.54) is 0 Å². The van der Waals surface area contributed by atoms with Crippen molar-refractivity contribution in [3.05, 3.63) is 65.2 Å². The molecule has 0 atom stereocenters. The van der Waals surface area contributed by atoms with E-state index in [0.717, 1.165) is 5.56 Å². The second-order valence-corrected chi connectivity index (χ2v) is 6.30. The van der Waals surface area contributed by atoms with E-state index in [1.807, 2.05) is 12.1 Å². The Bertz CT molecular complexity index is 1190. The van der Waals surface area contributed by atoms with Gasteiger partial charge in [0.05, 0.1) is 47.9 Å². The molecule has 0 fully saturated rings. The summed E-state index contributed by atoms with van der Waals surface area (Å²) in [6.45, 7) is 0. The molecule has 0 saturated heterocycles. The lowest BCUT2D eigenvalue weighted by Crippen LogP contribution is -1.96. The highest BCUT2D eigenvalue weighted by atomic mass is 16.5. The van der Waals surface area contributed by atoms with Crippen molar-refractivity contribution in [3.8, 4) is 52.4 Å². The molecule has 0 aliphatic rings. The highest BCUT2D eigenvalue weighted by Gasteiger charge is 2.12. The van der Waals surface area contributed by atoms with E-state index in [0.29, 0.717) is 45.7 Å². The van der Waals surface area contributed by atoms with Crippen LogP contribution in [-0.4, -0.2) is 45.5 Å². The zero-order chi connectivity index (χ0) is 22.9. The van der Waals surface area contributed by atoms with Gasteiger partial charge in [-0.15, -0.1) is 0 Å². The smallest absolute Gasteiger partial charge is 0.203 e. The van der Waals surface area contributed by atoms with Crippen molar-refractivity contribution < 1.29 is 23.7 Å². The molecular weight excluding hydrogens is 408 g/mol. The summed E-state index contributed by atoms with van der Waals surface area (Å²) in [6.07, 6.45) is 3.15. The van der Waals surface area contributed by atoms with Gasteiger partial charge in [-0.1, -0.05) is 11.8 Å². The van der Waals surface area contributed by atoms with E-state index >= 15 is 0 Å². The molecule has 0 unspecified atom stereocenters. The minimum absolute atomic E-state index is 0.480. The Hall–Kier alpha value is -4.36. The Kier molecular flexibility index (Phi) is 7.40. The van der Waals surface area contributed by atoms with Crippen LogP contribution < -0.4 is 23.7 Å². The number of rotatable bonds is 5. The van der Waals surface area contributed by atoms with Gasteiger partial charge in [0, 0.05) is 17.2 Å². The predicted molar refractivity (Wildman–Crippen MR) is 120 cm³/mol. The van der Waals surface area contributed by atoms with E-state index in [9.17, 15) is 0 Å². The molecule has 0 aliphatic heterocycles. The van der Waals surface area contributed by atoms with Crippen LogP contribution in [0.1, 0.15) is 22.5 Å². The number of hydrogen-bond donors (Lipinski definition) is 0. The van der Waals surface area contributed by atoms with Gasteiger partial charge >= 0.3 is 0 Å². The maximum Gasteiger partial charge on any atom is 0.203 e. The zero-order valence-electron chi connectivity index (χ0n) is 18.5. The molecule has 0 amide bonds. The molecule has 32 heavy (non-hydrogen) atoms. The molecule has 1 aromatic heterocycles. The van der Waals surface area contributed by atoms with Crippen molar-refractivity contribution in [1.82, 2.24) is 9.97 Å². The third kappa shape index (κ3) is 5.41. The number of aromatic nitrogens is 2. The summed E-state index contributed by atoms with van der Waals surface area (Å²) >= 11 is 0. The quantitative estimate of drug-likeness (QED) is 0.575. The molecule has 162 valence electrons. The van der Waals surface area contributed by atoms with Crippen LogP contribution in [0.5, 0.6) is 28.7 Å². The maximum absolute atomic E-state index is 5.36. The molecule has 3 rings (SSSR count). The molecule has 0 bridgehead atoms. The van der Waals surface area contributed by atoms with Gasteiger partial charge in [-0.25, -0.2) is 4.98 Å². The zero-order valence-corrected chi connectivity index (χ0v) is 18.5. The van der Waals surface area contributed by atoms with Gasteiger partial charge in [0.25, 0.3) is 0 Å². The lowest BCUT2D eigenvalue weighted by molar-refractivity contribution is 0.324. The first-order chi connectivity index (χ1) is 15.6. The topological polar surface area (TPSA) is 71.9 Å². The first kappa shape index (κ1) is 22.3. The minimum atomic E-state index is 0.480. The molecule has 2 aromatic carbocycles. The normalized spacial score (nSPS) is 9.53. The fraction of sp³-hybridized carbons (Fsp3) is 0.200. The molecule has 0 aliphatic carbocycles. The van der Waals surface area contributed by atoms with Crippen LogP contribution in [0.15, 0.2) is 42.7 Å². The largest absolute Gasteiger partial charge is 0.497 e. The monoisotopic (exact) mass is 430 g/mol. The van der Waals surface area contributed by atoms with Crippen LogP contribution in [-0.2, 0) is 0 Å². The van der Waals surface area contributed by atoms with E-state index in [2.05, 4.69) is 33.6 Å². The first-order valence-corrected chi connectivity index (χ1v) is 9.49. The summed E-state index contributed by atoms with van der Waals surface area (Å²) in [7, 11) is 7.84. The van der Waals surface area contributed by atoms with E-state index < -0.39 is 0 Å². The van der Waals surface area contributed by atoms with Crippen molar-refractivity contribution in [3.63, 3.8) is 0 Å². The molecule has 1 heterocycles. The van der Waals surface area contributed by atoms with Crippen LogP contribution in [0.3, 0.4) is 0 Å². The Labute approximate surface area is 187 Å². The highest BCUT2D eigenvalue weighted by Crippen LogP contribution is 2.37. The van der Waals surface area contributed by atoms with Crippen LogP contribution >= 0.6 is 0 Å². The van der Waals surface area contributed by atoms with Crippen LogP contribution in [0, 0.1) is 23.7 Å². The molecule has 0 radical (unpaired) electrons. The van der Waals surface area contributed by atoms with Crippen molar-refractivity contribution >= 4 is 0 Å². The Balaban J connectivity index is 1.89. The van der Waals surface area contributed by atoms with Gasteiger partial charge in [0.1, 0.15) is 22.9 Å². The Morgan fingerprint density at radius 1 is 0.562 bits per heavy atom. The third-order valence-corrected chi connectivity index (χ3v) is 4.32. The SMILES string of the molecule is COc1cc(C#Cc2cncc(C#Cc3cc(OC)c(OC)c(OC)c3)n2)cc(OC)c1. The van der Waals surface area contributed by atoms with Crippen molar-refractivity contribution in [2.75, 3.05) is 35.5 Å². The van der Waals surface area contributed by atoms with Crippen LogP contribution in [0.2, 0.25) is 0 Å². The van der Waals surface area contributed by atoms with E-state index in [1.54, 1.807) is 66.1 Å². The summed E-state index contributed by atoms with van der Waals surface area (Å²) in [4.78, 5) is 8.63. The third-order valence-electron chi connectivity index (χ3n) is 4.32. The number of nitrogens with zero attached hydrogens (tertiary/aromatic N) is 2.